The van der Waals surface area contributed by atoms with E-state index in [9.17, 15) is 9.59 Å². The molecule has 0 unspecified atom stereocenters. The Bertz CT molecular complexity index is 572. The van der Waals surface area contributed by atoms with Crippen LogP contribution >= 0.6 is 0 Å². The Morgan fingerprint density at radius 3 is 2.47 bits per heavy atom. The van der Waals surface area contributed by atoms with E-state index in [0.717, 1.165) is 0 Å². The molecular formula is C11H9N3O3. The highest BCUT2D eigenvalue weighted by atomic mass is 16.4. The second-order valence-electron chi connectivity index (χ2n) is 3.43. The number of Topliss-reactive ketones (excluding diaryl/α,β-unsaturated/α-hetero) is 1. The lowest BCUT2D eigenvalue weighted by molar-refractivity contribution is 0.0691. The summed E-state index contributed by atoms with van der Waals surface area (Å²) >= 11 is 0. The SMILES string of the molecule is CC(=O)c1ccc(-n2cnc(C(=O)O)c2)cn1. The summed E-state index contributed by atoms with van der Waals surface area (Å²) in [6, 6.07) is 3.26. The van der Waals surface area contributed by atoms with Gasteiger partial charge in [-0.25, -0.2) is 9.78 Å². The molecule has 17 heavy (non-hydrogen) atoms. The molecule has 6 nitrogen and oxygen atoms in total. The van der Waals surface area contributed by atoms with Crippen LogP contribution in [0.4, 0.5) is 0 Å². The van der Waals surface area contributed by atoms with Crippen molar-refractivity contribution in [1.29, 1.82) is 0 Å². The molecule has 2 heterocycles. The van der Waals surface area contributed by atoms with Crippen LogP contribution in [0.5, 0.6) is 0 Å². The number of carboxylic acid groups (broad SMARTS) is 1. The molecule has 0 spiro atoms. The van der Waals surface area contributed by atoms with Gasteiger partial charge < -0.3 is 9.67 Å². The summed E-state index contributed by atoms with van der Waals surface area (Å²) < 4.78 is 1.53. The first-order chi connectivity index (χ1) is 8.08. The third-order valence-electron chi connectivity index (χ3n) is 2.21. The fraction of sp³-hybridized carbons (Fsp3) is 0.0909. The molecule has 0 saturated heterocycles. The van der Waals surface area contributed by atoms with E-state index < -0.39 is 5.97 Å². The van der Waals surface area contributed by atoms with E-state index in [-0.39, 0.29) is 11.5 Å². The summed E-state index contributed by atoms with van der Waals surface area (Å²) in [4.78, 5) is 29.4. The maximum absolute atomic E-state index is 11.0. The molecule has 0 fully saturated rings. The molecule has 0 atom stereocenters. The first-order valence-electron chi connectivity index (χ1n) is 4.82. The van der Waals surface area contributed by atoms with Crippen LogP contribution in [0.25, 0.3) is 5.69 Å². The standard InChI is InChI=1S/C11H9N3O3/c1-7(15)9-3-2-8(4-12-9)14-5-10(11(16)17)13-6-14/h2-6H,1H3,(H,16,17). The average Bonchev–Trinajstić information content (AvgIpc) is 2.78. The summed E-state index contributed by atoms with van der Waals surface area (Å²) in [5.74, 6) is -1.20. The first-order valence-corrected chi connectivity index (χ1v) is 4.82. The van der Waals surface area contributed by atoms with Gasteiger partial charge in [0.05, 0.1) is 11.9 Å². The van der Waals surface area contributed by atoms with Gasteiger partial charge >= 0.3 is 5.97 Å². The average molecular weight is 231 g/mol. The predicted octanol–water partition coefficient (Wildman–Crippen LogP) is 1.17. The molecule has 0 aliphatic rings. The highest BCUT2D eigenvalue weighted by molar-refractivity contribution is 5.92. The molecule has 0 aliphatic heterocycles. The van der Waals surface area contributed by atoms with Crippen LogP contribution in [0, 0.1) is 0 Å². The smallest absolute Gasteiger partial charge is 0.356 e. The van der Waals surface area contributed by atoms with Gasteiger partial charge in [0, 0.05) is 13.1 Å². The van der Waals surface area contributed by atoms with E-state index in [2.05, 4.69) is 9.97 Å². The molecule has 86 valence electrons. The summed E-state index contributed by atoms with van der Waals surface area (Å²) in [5.41, 5.74) is 0.975. The normalized spacial score (nSPS) is 10.2. The van der Waals surface area contributed by atoms with Crippen molar-refractivity contribution in [1.82, 2.24) is 14.5 Å². The van der Waals surface area contributed by atoms with E-state index in [1.165, 1.54) is 30.2 Å². The number of rotatable bonds is 3. The fourth-order valence-electron chi connectivity index (χ4n) is 1.32. The van der Waals surface area contributed by atoms with Crippen molar-refractivity contribution in [3.8, 4) is 5.69 Å². The third kappa shape index (κ3) is 2.20. The Hall–Kier alpha value is -2.50. The number of hydrogen-bond donors (Lipinski definition) is 1. The minimum Gasteiger partial charge on any atom is -0.476 e. The largest absolute Gasteiger partial charge is 0.476 e. The molecule has 0 radical (unpaired) electrons. The monoisotopic (exact) mass is 231 g/mol. The van der Waals surface area contributed by atoms with Gasteiger partial charge in [0.1, 0.15) is 12.0 Å². The molecule has 0 aliphatic carbocycles. The number of aromatic carboxylic acids is 1. The van der Waals surface area contributed by atoms with Crippen LogP contribution in [0.3, 0.4) is 0 Å². The van der Waals surface area contributed by atoms with Gasteiger partial charge in [0.2, 0.25) is 0 Å². The number of carboxylic acids is 1. The zero-order chi connectivity index (χ0) is 12.4. The van der Waals surface area contributed by atoms with Crippen LogP contribution in [0.2, 0.25) is 0 Å². The number of carbonyl (C=O) groups excluding carboxylic acids is 1. The first kappa shape index (κ1) is 11.0. The van der Waals surface area contributed by atoms with Crippen LogP contribution < -0.4 is 0 Å². The Morgan fingerprint density at radius 1 is 1.24 bits per heavy atom. The Morgan fingerprint density at radius 2 is 2.00 bits per heavy atom. The number of aromatic nitrogens is 3. The van der Waals surface area contributed by atoms with Crippen LogP contribution in [-0.2, 0) is 0 Å². The lowest BCUT2D eigenvalue weighted by atomic mass is 10.2. The number of pyridine rings is 1. The predicted molar refractivity (Wildman–Crippen MR) is 58.3 cm³/mol. The molecule has 0 aromatic carbocycles. The third-order valence-corrected chi connectivity index (χ3v) is 2.21. The molecule has 6 heteroatoms. The van der Waals surface area contributed by atoms with Gasteiger partial charge in [0.25, 0.3) is 0 Å². The van der Waals surface area contributed by atoms with Gasteiger partial charge in [-0.3, -0.25) is 9.78 Å². The summed E-state index contributed by atoms with van der Waals surface area (Å²) in [6.45, 7) is 1.43. The molecule has 1 N–H and O–H groups in total. The maximum Gasteiger partial charge on any atom is 0.356 e. The fourth-order valence-corrected chi connectivity index (χ4v) is 1.32. The van der Waals surface area contributed by atoms with Gasteiger partial charge in [-0.15, -0.1) is 0 Å². The zero-order valence-corrected chi connectivity index (χ0v) is 8.99. The van der Waals surface area contributed by atoms with Crippen molar-refractivity contribution in [2.24, 2.45) is 0 Å². The van der Waals surface area contributed by atoms with E-state index >= 15 is 0 Å². The van der Waals surface area contributed by atoms with Gasteiger partial charge in [-0.1, -0.05) is 0 Å². The van der Waals surface area contributed by atoms with Crippen LogP contribution in [0.15, 0.2) is 30.9 Å². The van der Waals surface area contributed by atoms with Crippen LogP contribution in [0.1, 0.15) is 27.9 Å². The molecule has 2 rings (SSSR count). The van der Waals surface area contributed by atoms with Crippen molar-refractivity contribution in [2.45, 2.75) is 6.92 Å². The van der Waals surface area contributed by atoms with Crippen molar-refractivity contribution in [3.05, 3.63) is 42.2 Å². The van der Waals surface area contributed by atoms with Crippen molar-refractivity contribution < 1.29 is 14.7 Å². The van der Waals surface area contributed by atoms with Crippen LogP contribution in [-0.4, -0.2) is 31.4 Å². The minimum atomic E-state index is -1.09. The number of imidazole rings is 1. The van der Waals surface area contributed by atoms with Gasteiger partial charge in [-0.05, 0) is 12.1 Å². The molecule has 2 aromatic rings. The Kier molecular flexibility index (Phi) is 2.70. The summed E-state index contributed by atoms with van der Waals surface area (Å²) in [5, 5.41) is 8.73. The molecular weight excluding hydrogens is 222 g/mol. The number of ketones is 1. The quantitative estimate of drug-likeness (QED) is 0.801. The second-order valence-corrected chi connectivity index (χ2v) is 3.43. The summed E-state index contributed by atoms with van der Waals surface area (Å²) in [7, 11) is 0. The zero-order valence-electron chi connectivity index (χ0n) is 8.99. The molecule has 0 bridgehead atoms. The molecule has 0 amide bonds. The highest BCUT2D eigenvalue weighted by Crippen LogP contribution is 2.08. The van der Waals surface area contributed by atoms with E-state index in [4.69, 9.17) is 5.11 Å². The lowest BCUT2D eigenvalue weighted by Gasteiger charge is -2.01. The van der Waals surface area contributed by atoms with E-state index in [1.807, 2.05) is 0 Å². The Labute approximate surface area is 96.6 Å². The van der Waals surface area contributed by atoms with E-state index in [0.29, 0.717) is 11.4 Å². The van der Waals surface area contributed by atoms with Crippen molar-refractivity contribution >= 4 is 11.8 Å². The molecule has 0 saturated carbocycles. The van der Waals surface area contributed by atoms with E-state index in [1.54, 1.807) is 12.1 Å². The minimum absolute atomic E-state index is 0.0411. The number of nitrogens with zero attached hydrogens (tertiary/aromatic N) is 3. The van der Waals surface area contributed by atoms with Gasteiger partial charge in [0.15, 0.2) is 11.5 Å². The Balaban J connectivity index is 2.33. The topological polar surface area (TPSA) is 85.1 Å². The highest BCUT2D eigenvalue weighted by Gasteiger charge is 2.08. The van der Waals surface area contributed by atoms with Crippen molar-refractivity contribution in [3.63, 3.8) is 0 Å². The second kappa shape index (κ2) is 4.17. The van der Waals surface area contributed by atoms with Gasteiger partial charge in [-0.2, -0.15) is 0 Å². The number of carbonyl (C=O) groups is 2. The molecule has 2 aromatic heterocycles. The number of hydrogen-bond acceptors (Lipinski definition) is 4. The summed E-state index contributed by atoms with van der Waals surface area (Å²) in [6.07, 6.45) is 4.25. The lowest BCUT2D eigenvalue weighted by Crippen LogP contribution is -1.99. The van der Waals surface area contributed by atoms with Crippen molar-refractivity contribution in [2.75, 3.05) is 0 Å². The maximum atomic E-state index is 11.0.